The topological polar surface area (TPSA) is 49.8 Å². The molecule has 1 aromatic rings. The van der Waals surface area contributed by atoms with Gasteiger partial charge in [-0.15, -0.1) is 0 Å². The Morgan fingerprint density at radius 1 is 1.00 bits per heavy atom. The van der Waals surface area contributed by atoms with Crippen molar-refractivity contribution < 1.29 is 14.6 Å². The molecule has 1 N–H and O–H groups in total. The van der Waals surface area contributed by atoms with Gasteiger partial charge in [0.15, 0.2) is 0 Å². The van der Waals surface area contributed by atoms with Crippen LogP contribution in [0.1, 0.15) is 56.9 Å². The summed E-state index contributed by atoms with van der Waals surface area (Å²) in [5, 5.41) is 9.23. The molecule has 1 aliphatic heterocycles. The average molecular weight is 370 g/mol. The Morgan fingerprint density at radius 3 is 2.07 bits per heavy atom. The number of amides is 1. The van der Waals surface area contributed by atoms with Gasteiger partial charge in [0, 0.05) is 19.7 Å². The molecule has 1 aromatic carbocycles. The molecule has 1 heterocycles. The number of likely N-dealkylation sites (tertiary alicyclic amines) is 1. The quantitative estimate of drug-likeness (QED) is 0.861. The van der Waals surface area contributed by atoms with Crippen molar-refractivity contribution in [1.82, 2.24) is 4.90 Å². The van der Waals surface area contributed by atoms with Crippen molar-refractivity contribution in [3.8, 4) is 5.75 Å². The highest BCUT2D eigenvalue weighted by molar-refractivity contribution is 5.70. The largest absolute Gasteiger partial charge is 0.415 e. The van der Waals surface area contributed by atoms with Gasteiger partial charge in [0.1, 0.15) is 5.75 Å². The van der Waals surface area contributed by atoms with E-state index in [0.717, 1.165) is 30.6 Å². The van der Waals surface area contributed by atoms with Crippen LogP contribution in [-0.4, -0.2) is 35.8 Å². The Kier molecular flexibility index (Phi) is 4.42. The maximum absolute atomic E-state index is 12.4. The van der Waals surface area contributed by atoms with Gasteiger partial charge in [0.25, 0.3) is 0 Å². The SMILES string of the molecule is O=C(Oc1ccc(C23CC4CC(CC(C4)C2)C3)cc1)N1CCC(CO)CC1. The third-order valence-corrected chi connectivity index (χ3v) is 7.84. The van der Waals surface area contributed by atoms with E-state index in [2.05, 4.69) is 12.1 Å². The number of ether oxygens (including phenoxy) is 1. The van der Waals surface area contributed by atoms with Gasteiger partial charge >= 0.3 is 6.09 Å². The van der Waals surface area contributed by atoms with E-state index in [4.69, 9.17) is 4.74 Å². The summed E-state index contributed by atoms with van der Waals surface area (Å²) in [4.78, 5) is 14.2. The molecule has 1 saturated heterocycles. The molecule has 5 aliphatic rings. The fraction of sp³-hybridized carbons (Fsp3) is 0.696. The number of rotatable bonds is 3. The second kappa shape index (κ2) is 6.80. The molecule has 4 saturated carbocycles. The second-order valence-electron chi connectivity index (χ2n) is 9.70. The summed E-state index contributed by atoms with van der Waals surface area (Å²) >= 11 is 0. The fourth-order valence-corrected chi connectivity index (χ4v) is 6.80. The van der Waals surface area contributed by atoms with Crippen molar-refractivity contribution in [1.29, 1.82) is 0 Å². The number of piperidine rings is 1. The van der Waals surface area contributed by atoms with Crippen molar-refractivity contribution in [2.75, 3.05) is 19.7 Å². The molecule has 0 atom stereocenters. The molecule has 0 unspecified atom stereocenters. The number of carbonyl (C=O) groups is 1. The van der Waals surface area contributed by atoms with E-state index in [1.807, 2.05) is 12.1 Å². The molecule has 146 valence electrons. The van der Waals surface area contributed by atoms with Gasteiger partial charge in [-0.25, -0.2) is 4.79 Å². The van der Waals surface area contributed by atoms with E-state index in [1.54, 1.807) is 4.90 Å². The summed E-state index contributed by atoms with van der Waals surface area (Å²) in [6, 6.07) is 8.42. The Labute approximate surface area is 161 Å². The van der Waals surface area contributed by atoms with Crippen LogP contribution in [0, 0.1) is 23.7 Å². The van der Waals surface area contributed by atoms with Gasteiger partial charge in [-0.05, 0) is 98.1 Å². The zero-order valence-electron chi connectivity index (χ0n) is 16.1. The predicted octanol–water partition coefficient (Wildman–Crippen LogP) is 4.36. The Hall–Kier alpha value is -1.55. The van der Waals surface area contributed by atoms with E-state index >= 15 is 0 Å². The first-order chi connectivity index (χ1) is 13.1. The molecular weight excluding hydrogens is 338 g/mol. The molecule has 0 radical (unpaired) electrons. The van der Waals surface area contributed by atoms with Crippen LogP contribution in [-0.2, 0) is 5.41 Å². The van der Waals surface area contributed by atoms with E-state index in [0.29, 0.717) is 30.2 Å². The van der Waals surface area contributed by atoms with Crippen molar-refractivity contribution in [3.05, 3.63) is 29.8 Å². The molecule has 0 aromatic heterocycles. The third kappa shape index (κ3) is 3.26. The minimum Gasteiger partial charge on any atom is -0.410 e. The van der Waals surface area contributed by atoms with Crippen LogP contribution in [0.4, 0.5) is 4.79 Å². The lowest BCUT2D eigenvalue weighted by molar-refractivity contribution is -0.00520. The summed E-state index contributed by atoms with van der Waals surface area (Å²) in [5.74, 6) is 3.80. The van der Waals surface area contributed by atoms with Crippen molar-refractivity contribution in [3.63, 3.8) is 0 Å². The number of nitrogens with zero attached hydrogens (tertiary/aromatic N) is 1. The van der Waals surface area contributed by atoms with Crippen LogP contribution < -0.4 is 4.74 Å². The number of carbonyl (C=O) groups excluding carboxylic acids is 1. The molecule has 5 fully saturated rings. The molecular formula is C23H31NO3. The average Bonchev–Trinajstić information content (AvgIpc) is 2.67. The highest BCUT2D eigenvalue weighted by Gasteiger charge is 2.51. The number of benzene rings is 1. The molecule has 4 aliphatic carbocycles. The monoisotopic (exact) mass is 369 g/mol. The fourth-order valence-electron chi connectivity index (χ4n) is 6.80. The molecule has 27 heavy (non-hydrogen) atoms. The van der Waals surface area contributed by atoms with Crippen molar-refractivity contribution in [2.45, 2.75) is 56.8 Å². The third-order valence-electron chi connectivity index (χ3n) is 7.84. The number of hydrogen-bond donors (Lipinski definition) is 1. The zero-order chi connectivity index (χ0) is 18.4. The lowest BCUT2D eigenvalue weighted by atomic mass is 9.48. The summed E-state index contributed by atoms with van der Waals surface area (Å²) < 4.78 is 5.62. The summed E-state index contributed by atoms with van der Waals surface area (Å²) in [7, 11) is 0. The summed E-state index contributed by atoms with van der Waals surface area (Å²) in [5.41, 5.74) is 1.86. The lowest BCUT2D eigenvalue weighted by Gasteiger charge is -2.57. The van der Waals surface area contributed by atoms with Gasteiger partial charge < -0.3 is 14.7 Å². The van der Waals surface area contributed by atoms with Gasteiger partial charge in [-0.1, -0.05) is 12.1 Å². The minimum absolute atomic E-state index is 0.217. The van der Waals surface area contributed by atoms with Gasteiger partial charge in [0.2, 0.25) is 0 Å². The summed E-state index contributed by atoms with van der Waals surface area (Å²) in [6.45, 7) is 1.57. The minimum atomic E-state index is -0.256. The Morgan fingerprint density at radius 2 is 1.56 bits per heavy atom. The molecule has 4 bridgehead atoms. The number of aliphatic hydroxyl groups is 1. The van der Waals surface area contributed by atoms with Gasteiger partial charge in [-0.2, -0.15) is 0 Å². The molecule has 1 amide bonds. The number of aliphatic hydroxyl groups excluding tert-OH is 1. The van der Waals surface area contributed by atoms with E-state index in [1.165, 1.54) is 44.1 Å². The van der Waals surface area contributed by atoms with Crippen LogP contribution >= 0.6 is 0 Å². The zero-order valence-corrected chi connectivity index (χ0v) is 16.1. The molecule has 0 spiro atoms. The normalized spacial score (nSPS) is 35.4. The van der Waals surface area contributed by atoms with E-state index < -0.39 is 0 Å². The molecule has 4 heteroatoms. The first-order valence-electron chi connectivity index (χ1n) is 10.8. The van der Waals surface area contributed by atoms with E-state index in [-0.39, 0.29) is 12.7 Å². The van der Waals surface area contributed by atoms with E-state index in [9.17, 15) is 9.90 Å². The second-order valence-corrected chi connectivity index (χ2v) is 9.70. The van der Waals surface area contributed by atoms with Crippen LogP contribution in [0.3, 0.4) is 0 Å². The maximum Gasteiger partial charge on any atom is 0.415 e. The predicted molar refractivity (Wildman–Crippen MR) is 104 cm³/mol. The van der Waals surface area contributed by atoms with Gasteiger partial charge in [0.05, 0.1) is 0 Å². The molecule has 6 rings (SSSR count). The van der Waals surface area contributed by atoms with Gasteiger partial charge in [-0.3, -0.25) is 0 Å². The first-order valence-corrected chi connectivity index (χ1v) is 10.8. The van der Waals surface area contributed by atoms with Crippen LogP contribution in [0.2, 0.25) is 0 Å². The van der Waals surface area contributed by atoms with Crippen LogP contribution in [0.15, 0.2) is 24.3 Å². The maximum atomic E-state index is 12.4. The smallest absolute Gasteiger partial charge is 0.410 e. The molecule has 4 nitrogen and oxygen atoms in total. The van der Waals surface area contributed by atoms with Crippen molar-refractivity contribution >= 4 is 6.09 Å². The highest BCUT2D eigenvalue weighted by Crippen LogP contribution is 2.60. The first kappa shape index (κ1) is 17.5. The lowest BCUT2D eigenvalue weighted by Crippen LogP contribution is -2.48. The highest BCUT2D eigenvalue weighted by atomic mass is 16.6. The van der Waals surface area contributed by atoms with Crippen LogP contribution in [0.5, 0.6) is 5.75 Å². The Bertz CT molecular complexity index is 655. The Balaban J connectivity index is 1.24. The van der Waals surface area contributed by atoms with Crippen LogP contribution in [0.25, 0.3) is 0 Å². The number of hydrogen-bond acceptors (Lipinski definition) is 3. The summed E-state index contributed by atoms with van der Waals surface area (Å²) in [6.07, 6.45) is 9.92. The standard InChI is InChI=1S/C23H31NO3/c25-15-16-5-7-24(8-6-16)22(26)27-21-3-1-20(2-4-21)23-12-17-9-18(13-23)11-19(10-17)14-23/h1-4,16-19,25H,5-15H2. The van der Waals surface area contributed by atoms with Crippen molar-refractivity contribution in [2.24, 2.45) is 23.7 Å².